The van der Waals surface area contributed by atoms with E-state index in [1.807, 2.05) is 13.8 Å². The van der Waals surface area contributed by atoms with Crippen molar-refractivity contribution in [3.8, 4) is 5.75 Å². The van der Waals surface area contributed by atoms with Gasteiger partial charge in [0.1, 0.15) is 11.4 Å². The number of fused-ring (bicyclic) bond motifs is 1. The summed E-state index contributed by atoms with van der Waals surface area (Å²) in [7, 11) is 0. The van der Waals surface area contributed by atoms with Crippen LogP contribution < -0.4 is 10.1 Å². The zero-order chi connectivity index (χ0) is 18.9. The van der Waals surface area contributed by atoms with Crippen LogP contribution in [0.25, 0.3) is 0 Å². The average Bonchev–Trinajstić information content (AvgIpc) is 2.58. The summed E-state index contributed by atoms with van der Waals surface area (Å²) in [5, 5.41) is 11.9. The maximum Gasteiger partial charge on any atom is 0.330 e. The van der Waals surface area contributed by atoms with Crippen molar-refractivity contribution in [1.29, 1.82) is 0 Å². The van der Waals surface area contributed by atoms with Gasteiger partial charge in [0.05, 0.1) is 12.0 Å². The lowest BCUT2D eigenvalue weighted by Gasteiger charge is -2.31. The number of ketones is 1. The van der Waals surface area contributed by atoms with Crippen LogP contribution in [0.5, 0.6) is 5.75 Å². The van der Waals surface area contributed by atoms with Gasteiger partial charge < -0.3 is 15.2 Å². The van der Waals surface area contributed by atoms with Crippen molar-refractivity contribution in [2.24, 2.45) is 0 Å². The number of rotatable bonds is 4. The molecule has 0 fully saturated rings. The number of amides is 1. The molecule has 0 aromatic heterocycles. The maximum absolute atomic E-state index is 12.5. The summed E-state index contributed by atoms with van der Waals surface area (Å²) in [6, 6.07) is 11.8. The number of Topliss-reactive ketones (excluding diaryl/α,β-unsaturated/α-hetero) is 1. The Bertz CT molecular complexity index is 873. The van der Waals surface area contributed by atoms with Gasteiger partial charge in [0.25, 0.3) is 5.91 Å². The number of hydrogen-bond acceptors (Lipinski definition) is 4. The number of ether oxygens (including phenoxy) is 1. The van der Waals surface area contributed by atoms with Gasteiger partial charge in [0.2, 0.25) is 0 Å². The van der Waals surface area contributed by atoms with Gasteiger partial charge in [-0.1, -0.05) is 30.3 Å². The normalized spacial score (nSPS) is 16.2. The molecule has 2 N–H and O–H groups in total. The standard InChI is InChI=1S/C20H19NO5/c1-20(2)11-15(22)14-10-13(8-9-16(14)26-20)18(23)21-17(19(24)25)12-6-4-3-5-7-12/h3-10,17H,11H2,1-2H3,(H,21,23)(H,24,25)/t17-/m0/s1. The predicted molar refractivity (Wildman–Crippen MR) is 94.4 cm³/mol. The van der Waals surface area contributed by atoms with Gasteiger partial charge in [-0.3, -0.25) is 9.59 Å². The zero-order valence-corrected chi connectivity index (χ0v) is 14.5. The SMILES string of the molecule is CC1(C)CC(=O)c2cc(C(=O)N[C@H](C(=O)O)c3ccccc3)ccc2O1. The number of benzene rings is 2. The fourth-order valence-corrected chi connectivity index (χ4v) is 2.94. The van der Waals surface area contributed by atoms with Crippen LogP contribution in [0.3, 0.4) is 0 Å². The van der Waals surface area contributed by atoms with Gasteiger partial charge in [-0.05, 0) is 37.6 Å². The van der Waals surface area contributed by atoms with E-state index >= 15 is 0 Å². The predicted octanol–water partition coefficient (Wildman–Crippen LogP) is 2.99. The van der Waals surface area contributed by atoms with Crippen LogP contribution in [0.1, 0.15) is 52.6 Å². The van der Waals surface area contributed by atoms with Gasteiger partial charge in [0.15, 0.2) is 11.8 Å². The number of hydrogen-bond donors (Lipinski definition) is 2. The van der Waals surface area contributed by atoms with Crippen LogP contribution in [0, 0.1) is 0 Å². The van der Waals surface area contributed by atoms with E-state index in [-0.39, 0.29) is 17.8 Å². The molecule has 1 heterocycles. The van der Waals surface area contributed by atoms with Crippen molar-refractivity contribution < 1.29 is 24.2 Å². The molecule has 0 spiro atoms. The highest BCUT2D eigenvalue weighted by atomic mass is 16.5. The van der Waals surface area contributed by atoms with Gasteiger partial charge in [-0.2, -0.15) is 0 Å². The molecule has 26 heavy (non-hydrogen) atoms. The lowest BCUT2D eigenvalue weighted by molar-refractivity contribution is -0.139. The second-order valence-corrected chi connectivity index (χ2v) is 6.83. The van der Waals surface area contributed by atoms with Gasteiger partial charge in [0, 0.05) is 5.56 Å². The number of carbonyl (C=O) groups is 3. The molecule has 1 atom stereocenters. The first kappa shape index (κ1) is 17.7. The quantitative estimate of drug-likeness (QED) is 0.881. The van der Waals surface area contributed by atoms with Gasteiger partial charge in [-0.15, -0.1) is 0 Å². The molecule has 0 bridgehead atoms. The first-order chi connectivity index (χ1) is 12.3. The summed E-state index contributed by atoms with van der Waals surface area (Å²) in [6.07, 6.45) is 0.215. The second kappa shape index (κ2) is 6.63. The number of nitrogens with one attached hydrogen (secondary N) is 1. The lowest BCUT2D eigenvalue weighted by Crippen LogP contribution is -2.36. The van der Waals surface area contributed by atoms with Crippen LogP contribution >= 0.6 is 0 Å². The highest BCUT2D eigenvalue weighted by Crippen LogP contribution is 2.33. The Kier molecular flexibility index (Phi) is 4.50. The van der Waals surface area contributed by atoms with E-state index in [0.29, 0.717) is 16.9 Å². The number of carboxylic acids is 1. The van der Waals surface area contributed by atoms with Gasteiger partial charge in [-0.25, -0.2) is 4.79 Å². The summed E-state index contributed by atoms with van der Waals surface area (Å²) in [5.74, 6) is -1.41. The van der Waals surface area contributed by atoms with E-state index in [2.05, 4.69) is 5.32 Å². The first-order valence-corrected chi connectivity index (χ1v) is 8.22. The maximum atomic E-state index is 12.5. The van der Waals surface area contributed by atoms with Crippen molar-refractivity contribution >= 4 is 17.7 Å². The highest BCUT2D eigenvalue weighted by molar-refractivity contribution is 6.04. The van der Waals surface area contributed by atoms with E-state index < -0.39 is 23.5 Å². The van der Waals surface area contributed by atoms with Crippen LogP contribution in [0.15, 0.2) is 48.5 Å². The Morgan fingerprint density at radius 2 is 1.85 bits per heavy atom. The second-order valence-electron chi connectivity index (χ2n) is 6.83. The van der Waals surface area contributed by atoms with Crippen LogP contribution in [0.4, 0.5) is 0 Å². The Hall–Kier alpha value is -3.15. The van der Waals surface area contributed by atoms with Crippen molar-refractivity contribution in [3.63, 3.8) is 0 Å². The molecule has 0 saturated carbocycles. The Morgan fingerprint density at radius 3 is 2.50 bits per heavy atom. The molecule has 0 radical (unpaired) electrons. The van der Waals surface area contributed by atoms with E-state index in [1.165, 1.54) is 12.1 Å². The smallest absolute Gasteiger partial charge is 0.330 e. The molecule has 6 heteroatoms. The Morgan fingerprint density at radius 1 is 1.15 bits per heavy atom. The van der Waals surface area contributed by atoms with Crippen molar-refractivity contribution in [1.82, 2.24) is 5.32 Å². The Balaban J connectivity index is 1.85. The molecule has 134 valence electrons. The van der Waals surface area contributed by atoms with E-state index in [0.717, 1.165) is 0 Å². The van der Waals surface area contributed by atoms with Crippen LogP contribution in [-0.4, -0.2) is 28.4 Å². The van der Waals surface area contributed by atoms with Gasteiger partial charge >= 0.3 is 5.97 Å². The molecule has 6 nitrogen and oxygen atoms in total. The molecule has 2 aromatic rings. The summed E-state index contributed by atoms with van der Waals surface area (Å²) in [4.78, 5) is 36.4. The summed E-state index contributed by atoms with van der Waals surface area (Å²) in [5.41, 5.74) is 0.425. The molecule has 1 aliphatic rings. The first-order valence-electron chi connectivity index (χ1n) is 8.22. The third-order valence-electron chi connectivity index (χ3n) is 4.17. The molecular formula is C20H19NO5. The zero-order valence-electron chi connectivity index (χ0n) is 14.5. The molecule has 2 aromatic carbocycles. The minimum Gasteiger partial charge on any atom is -0.487 e. The van der Waals surface area contributed by atoms with Crippen LogP contribution in [0.2, 0.25) is 0 Å². The molecule has 0 saturated heterocycles. The molecule has 1 aliphatic heterocycles. The minimum atomic E-state index is -1.18. The molecule has 3 rings (SSSR count). The molecule has 1 amide bonds. The fraction of sp³-hybridized carbons (Fsp3) is 0.250. The number of carboxylic acid groups (broad SMARTS) is 1. The average molecular weight is 353 g/mol. The van der Waals surface area contributed by atoms with Crippen molar-refractivity contribution in [3.05, 3.63) is 65.2 Å². The monoisotopic (exact) mass is 353 g/mol. The van der Waals surface area contributed by atoms with Crippen LogP contribution in [-0.2, 0) is 4.79 Å². The highest BCUT2D eigenvalue weighted by Gasteiger charge is 2.33. The topological polar surface area (TPSA) is 92.7 Å². The van der Waals surface area contributed by atoms with E-state index in [9.17, 15) is 19.5 Å². The van der Waals surface area contributed by atoms with E-state index in [1.54, 1.807) is 36.4 Å². The summed E-state index contributed by atoms with van der Waals surface area (Å²) in [6.45, 7) is 3.65. The summed E-state index contributed by atoms with van der Waals surface area (Å²) < 4.78 is 5.77. The third-order valence-corrected chi connectivity index (χ3v) is 4.17. The Labute approximate surface area is 150 Å². The van der Waals surface area contributed by atoms with Crippen molar-refractivity contribution in [2.45, 2.75) is 31.9 Å². The molecule has 0 aliphatic carbocycles. The largest absolute Gasteiger partial charge is 0.487 e. The minimum absolute atomic E-state index is 0.108. The number of aliphatic carboxylic acids is 1. The van der Waals surface area contributed by atoms with E-state index in [4.69, 9.17) is 4.74 Å². The third kappa shape index (κ3) is 3.59. The molecular weight excluding hydrogens is 334 g/mol. The fourth-order valence-electron chi connectivity index (χ4n) is 2.94. The molecule has 0 unspecified atom stereocenters. The van der Waals surface area contributed by atoms with Crippen molar-refractivity contribution in [2.75, 3.05) is 0 Å². The lowest BCUT2D eigenvalue weighted by atomic mass is 9.92. The summed E-state index contributed by atoms with van der Waals surface area (Å²) >= 11 is 0. The number of carbonyl (C=O) groups excluding carboxylic acids is 2.